The summed E-state index contributed by atoms with van der Waals surface area (Å²) < 4.78 is 20.8. The van der Waals surface area contributed by atoms with E-state index in [2.05, 4.69) is 24.7 Å². The van der Waals surface area contributed by atoms with Gasteiger partial charge in [-0.25, -0.2) is 9.18 Å². The fraction of sp³-hybridized carbons (Fsp3) is 0.385. The lowest BCUT2D eigenvalue weighted by atomic mass is 10.0. The van der Waals surface area contributed by atoms with Gasteiger partial charge in [0.15, 0.2) is 5.13 Å². The molecule has 0 radical (unpaired) electrons. The smallest absolute Gasteiger partial charge is 0.357 e. The van der Waals surface area contributed by atoms with Gasteiger partial charge in [0, 0.05) is 22.9 Å². The van der Waals surface area contributed by atoms with E-state index in [0.29, 0.717) is 5.57 Å². The molecule has 3 aliphatic rings. The summed E-state index contributed by atoms with van der Waals surface area (Å²) >= 11 is 2.04. The van der Waals surface area contributed by atoms with E-state index in [9.17, 15) is 23.9 Å². The normalized spacial score (nSPS) is 26.4. The van der Waals surface area contributed by atoms with Gasteiger partial charge in [0.25, 0.3) is 18.7 Å². The average Bonchev–Trinajstić information content (AvgIpc) is 3.22. The number of ether oxygens (including phenoxy) is 1. The third-order valence-electron chi connectivity index (χ3n) is 4.07. The number of nitrogens with two attached hydrogens (primary N) is 1. The van der Waals surface area contributed by atoms with Gasteiger partial charge in [0.2, 0.25) is 17.8 Å². The highest BCUT2D eigenvalue weighted by Gasteiger charge is 2.57. The number of aromatic nitrogens is 2. The number of β-lactam (4-membered cyclic amide) rings is 1. The number of hydrogen-bond donors (Lipinski definition) is 3. The van der Waals surface area contributed by atoms with Crippen LogP contribution in [0.2, 0.25) is 0 Å². The van der Waals surface area contributed by atoms with Crippen LogP contribution in [0.1, 0.15) is 5.82 Å². The molecule has 0 spiro atoms. The largest absolute Gasteiger partial charge is 0.427 e. The van der Waals surface area contributed by atoms with Crippen molar-refractivity contribution in [3.05, 3.63) is 17.1 Å². The number of esters is 1. The SMILES string of the molecule is Nc1nc(C(=NOCF)C(=O)N[C@@H]2C(=O)N3C4=C(CSC23)C(O)OC4=O)ns1. The molecule has 28 heavy (non-hydrogen) atoms. The lowest BCUT2D eigenvalue weighted by Gasteiger charge is -2.48. The van der Waals surface area contributed by atoms with E-state index in [4.69, 9.17) is 10.5 Å². The number of amides is 2. The number of carbonyl (C=O) groups is 3. The molecule has 1 fully saturated rings. The van der Waals surface area contributed by atoms with Gasteiger partial charge >= 0.3 is 5.97 Å². The fourth-order valence-electron chi connectivity index (χ4n) is 2.86. The maximum Gasteiger partial charge on any atom is 0.357 e. The van der Waals surface area contributed by atoms with E-state index in [1.165, 1.54) is 16.7 Å². The fourth-order valence-corrected chi connectivity index (χ4v) is 4.66. The first-order chi connectivity index (χ1) is 13.4. The highest BCUT2D eigenvalue weighted by Crippen LogP contribution is 2.43. The molecule has 4 N–H and O–H groups in total. The summed E-state index contributed by atoms with van der Waals surface area (Å²) in [4.78, 5) is 46.1. The van der Waals surface area contributed by atoms with Crippen LogP contribution in [0.15, 0.2) is 16.4 Å². The number of aliphatic hydroxyl groups is 1. The van der Waals surface area contributed by atoms with Gasteiger partial charge in [-0.05, 0) is 0 Å². The van der Waals surface area contributed by atoms with Crippen molar-refractivity contribution in [2.45, 2.75) is 17.7 Å². The average molecular weight is 430 g/mol. The van der Waals surface area contributed by atoms with Crippen LogP contribution in [0.5, 0.6) is 0 Å². The first kappa shape index (κ1) is 18.6. The Kier molecular flexibility index (Phi) is 4.64. The van der Waals surface area contributed by atoms with Gasteiger partial charge in [-0.3, -0.25) is 14.5 Å². The molecular weight excluding hydrogens is 419 g/mol. The number of aliphatic hydroxyl groups excluding tert-OH is 1. The predicted molar refractivity (Wildman–Crippen MR) is 92.1 cm³/mol. The van der Waals surface area contributed by atoms with Crippen LogP contribution < -0.4 is 11.1 Å². The second-order valence-corrected chi connectivity index (χ2v) is 7.52. The van der Waals surface area contributed by atoms with E-state index in [-0.39, 0.29) is 22.4 Å². The molecule has 0 aliphatic carbocycles. The van der Waals surface area contributed by atoms with Gasteiger partial charge in [-0.1, -0.05) is 5.16 Å². The molecule has 1 aromatic heterocycles. The highest BCUT2D eigenvalue weighted by atomic mass is 32.2. The van der Waals surface area contributed by atoms with E-state index >= 15 is 0 Å². The molecule has 2 amide bonds. The third-order valence-corrected chi connectivity index (χ3v) is 5.91. The number of carbonyl (C=O) groups excluding carboxylic acids is 3. The maximum atomic E-state index is 12.5. The van der Waals surface area contributed by atoms with Crippen LogP contribution in [-0.4, -0.2) is 73.2 Å². The van der Waals surface area contributed by atoms with Gasteiger partial charge < -0.3 is 25.7 Å². The van der Waals surface area contributed by atoms with E-state index in [1.54, 1.807) is 0 Å². The lowest BCUT2D eigenvalue weighted by Crippen LogP contribution is -2.70. The summed E-state index contributed by atoms with van der Waals surface area (Å²) in [6.07, 6.45) is -1.38. The van der Waals surface area contributed by atoms with Crippen LogP contribution in [0.3, 0.4) is 0 Å². The van der Waals surface area contributed by atoms with Crippen molar-refractivity contribution in [1.82, 2.24) is 19.6 Å². The van der Waals surface area contributed by atoms with Gasteiger partial charge in [0.05, 0.1) is 0 Å². The number of alkyl halides is 1. The molecule has 2 unspecified atom stereocenters. The van der Waals surface area contributed by atoms with Crippen molar-refractivity contribution in [3.63, 3.8) is 0 Å². The van der Waals surface area contributed by atoms with Crippen LogP contribution in [-0.2, 0) is 24.0 Å². The molecule has 0 saturated carbocycles. The minimum Gasteiger partial charge on any atom is -0.427 e. The summed E-state index contributed by atoms with van der Waals surface area (Å²) in [7, 11) is 0. The number of rotatable bonds is 5. The number of halogens is 1. The molecule has 0 bridgehead atoms. The first-order valence-corrected chi connectivity index (χ1v) is 9.47. The zero-order chi connectivity index (χ0) is 20.0. The Balaban J connectivity index is 1.52. The van der Waals surface area contributed by atoms with E-state index in [0.717, 1.165) is 11.5 Å². The monoisotopic (exact) mass is 430 g/mol. The molecule has 1 saturated heterocycles. The Morgan fingerprint density at radius 1 is 1.54 bits per heavy atom. The summed E-state index contributed by atoms with van der Waals surface area (Å²) in [5.74, 6) is -2.18. The molecule has 3 atom stereocenters. The van der Waals surface area contributed by atoms with Crippen LogP contribution in [0.4, 0.5) is 9.52 Å². The first-order valence-electron chi connectivity index (χ1n) is 7.65. The van der Waals surface area contributed by atoms with Crippen molar-refractivity contribution >= 4 is 51.9 Å². The standard InChI is InChI=1S/C13H11FN6O6S2/c14-2-25-18-4(7-17-13(15)28-19-7)8(21)16-5-9(22)20-6-3(1-27-10(5)20)11(23)26-12(6)24/h5,10-11,23H,1-2H2,(H,16,21)(H2,15,17,19)/t5-,10?,11?/m1/s1. The molecule has 12 nitrogen and oxygen atoms in total. The van der Waals surface area contributed by atoms with Crippen molar-refractivity contribution in [3.8, 4) is 0 Å². The molecule has 4 heterocycles. The van der Waals surface area contributed by atoms with Gasteiger partial charge in [-0.2, -0.15) is 9.36 Å². The number of anilines is 1. The molecule has 4 rings (SSSR count). The summed E-state index contributed by atoms with van der Waals surface area (Å²) in [5, 5.41) is 15.0. The topological polar surface area (TPSA) is 169 Å². The second-order valence-electron chi connectivity index (χ2n) is 5.63. The number of cyclic esters (lactones) is 1. The minimum absolute atomic E-state index is 0.00431. The Labute approximate surface area is 163 Å². The number of nitrogens with zero attached hydrogens (tertiary/aromatic N) is 4. The minimum atomic E-state index is -1.38. The molecule has 1 aromatic rings. The van der Waals surface area contributed by atoms with E-state index in [1.807, 2.05) is 0 Å². The molecule has 15 heteroatoms. The predicted octanol–water partition coefficient (Wildman–Crippen LogP) is -1.70. The molecule has 3 aliphatic heterocycles. The molecular formula is C13H11FN6O6S2. The maximum absolute atomic E-state index is 12.5. The summed E-state index contributed by atoms with van der Waals surface area (Å²) in [5.41, 5.74) is 5.33. The third kappa shape index (κ3) is 2.87. The van der Waals surface area contributed by atoms with Gasteiger partial charge in [0.1, 0.15) is 17.1 Å². The van der Waals surface area contributed by atoms with Crippen molar-refractivity contribution in [2.75, 3.05) is 18.3 Å². The number of nitrogen functional groups attached to an aromatic ring is 1. The van der Waals surface area contributed by atoms with Crippen LogP contribution in [0, 0.1) is 0 Å². The Bertz CT molecular complexity index is 934. The molecule has 0 aromatic carbocycles. The Hall–Kier alpha value is -2.78. The van der Waals surface area contributed by atoms with Crippen LogP contribution in [0.25, 0.3) is 0 Å². The Morgan fingerprint density at radius 2 is 2.32 bits per heavy atom. The number of fused-ring (bicyclic) bond motifs is 2. The number of thioether (sulfide) groups is 1. The van der Waals surface area contributed by atoms with Crippen molar-refractivity contribution in [1.29, 1.82) is 0 Å². The zero-order valence-electron chi connectivity index (χ0n) is 13.7. The summed E-state index contributed by atoms with van der Waals surface area (Å²) in [6, 6.07) is -0.983. The van der Waals surface area contributed by atoms with Crippen molar-refractivity contribution < 1.29 is 33.5 Å². The van der Waals surface area contributed by atoms with E-state index < -0.39 is 48.1 Å². The second kappa shape index (κ2) is 6.99. The lowest BCUT2D eigenvalue weighted by molar-refractivity contribution is -0.157. The summed E-state index contributed by atoms with van der Waals surface area (Å²) in [6.45, 7) is -1.29. The zero-order valence-corrected chi connectivity index (χ0v) is 15.3. The van der Waals surface area contributed by atoms with Crippen LogP contribution >= 0.6 is 23.3 Å². The van der Waals surface area contributed by atoms with Crippen molar-refractivity contribution in [2.24, 2.45) is 5.16 Å². The number of nitrogens with one attached hydrogen (secondary N) is 1. The highest BCUT2D eigenvalue weighted by molar-refractivity contribution is 8.00. The number of hydrogen-bond acceptors (Lipinski definition) is 12. The number of oxime groups is 1. The molecule has 148 valence electrons. The quantitative estimate of drug-likeness (QED) is 0.212. The Morgan fingerprint density at radius 3 is 3.00 bits per heavy atom. The van der Waals surface area contributed by atoms with Gasteiger partial charge in [-0.15, -0.1) is 11.8 Å².